The number of hydrogen-bond donors (Lipinski definition) is 2. The van der Waals surface area contributed by atoms with Crippen LogP contribution in [0.4, 0.5) is 5.82 Å². The Labute approximate surface area is 133 Å². The Balaban J connectivity index is 2.25. The van der Waals surface area contributed by atoms with Crippen LogP contribution >= 0.6 is 15.9 Å². The number of nitrogens with one attached hydrogen (secondary N) is 2. The van der Waals surface area contributed by atoms with Gasteiger partial charge in [-0.1, -0.05) is 12.1 Å². The number of aromatic nitrogens is 1. The van der Waals surface area contributed by atoms with E-state index in [0.29, 0.717) is 12.4 Å². The van der Waals surface area contributed by atoms with Gasteiger partial charge in [0, 0.05) is 17.2 Å². The predicted molar refractivity (Wildman–Crippen MR) is 86.7 cm³/mol. The lowest BCUT2D eigenvalue weighted by molar-refractivity contribution is 0.601. The molecule has 0 spiro atoms. The van der Waals surface area contributed by atoms with Crippen molar-refractivity contribution in [3.63, 3.8) is 0 Å². The molecule has 1 aromatic heterocycles. The Morgan fingerprint density at radius 1 is 1.24 bits per heavy atom. The second-order valence-electron chi connectivity index (χ2n) is 4.60. The van der Waals surface area contributed by atoms with Crippen LogP contribution in [0.15, 0.2) is 45.9 Å². The van der Waals surface area contributed by atoms with Crippen LogP contribution in [0.2, 0.25) is 0 Å². The number of benzene rings is 1. The van der Waals surface area contributed by atoms with Gasteiger partial charge >= 0.3 is 0 Å². The maximum absolute atomic E-state index is 12.3. The molecule has 0 amide bonds. The van der Waals surface area contributed by atoms with E-state index in [0.717, 1.165) is 15.6 Å². The van der Waals surface area contributed by atoms with Crippen molar-refractivity contribution in [1.82, 2.24) is 10.3 Å². The molecule has 0 radical (unpaired) electrons. The Morgan fingerprint density at radius 3 is 2.48 bits per heavy atom. The van der Waals surface area contributed by atoms with Gasteiger partial charge in [0.25, 0.3) is 10.0 Å². The Bertz CT molecular complexity index is 730. The van der Waals surface area contributed by atoms with Gasteiger partial charge in [0.15, 0.2) is 0 Å². The predicted octanol–water partition coefficient (Wildman–Crippen LogP) is 2.67. The monoisotopic (exact) mass is 369 g/mol. The molecule has 0 atom stereocenters. The molecule has 2 N–H and O–H groups in total. The van der Waals surface area contributed by atoms with Gasteiger partial charge in [-0.05, 0) is 59.2 Å². The van der Waals surface area contributed by atoms with Crippen molar-refractivity contribution in [2.75, 3.05) is 11.8 Å². The third-order valence-electron chi connectivity index (χ3n) is 2.89. The zero-order chi connectivity index (χ0) is 15.5. The third kappa shape index (κ3) is 4.03. The Kier molecular flexibility index (Phi) is 4.97. The van der Waals surface area contributed by atoms with Crippen molar-refractivity contribution in [3.8, 4) is 0 Å². The summed E-state index contributed by atoms with van der Waals surface area (Å²) in [6.07, 6.45) is 1.56. The number of nitrogens with zero attached hydrogens (tertiary/aromatic N) is 1. The van der Waals surface area contributed by atoms with Crippen LogP contribution < -0.4 is 10.0 Å². The topological polar surface area (TPSA) is 71.1 Å². The van der Waals surface area contributed by atoms with E-state index < -0.39 is 10.0 Å². The fraction of sp³-hybridized carbons (Fsp3) is 0.214. The summed E-state index contributed by atoms with van der Waals surface area (Å²) in [5.41, 5.74) is 1.77. The number of sulfonamides is 1. The molecule has 2 aromatic rings. The van der Waals surface area contributed by atoms with Crippen molar-refractivity contribution >= 4 is 31.8 Å². The molecule has 0 saturated heterocycles. The first-order valence-electron chi connectivity index (χ1n) is 6.31. The second-order valence-corrected chi connectivity index (χ2v) is 7.20. The zero-order valence-corrected chi connectivity index (χ0v) is 14.1. The first kappa shape index (κ1) is 15.9. The minimum Gasteiger partial charge on any atom is -0.316 e. The Hall–Kier alpha value is -1.44. The van der Waals surface area contributed by atoms with Crippen molar-refractivity contribution < 1.29 is 8.42 Å². The molecule has 0 aliphatic rings. The number of halogens is 1. The van der Waals surface area contributed by atoms with Crippen molar-refractivity contribution in [2.45, 2.75) is 18.4 Å². The molecule has 0 fully saturated rings. The van der Waals surface area contributed by atoms with Crippen molar-refractivity contribution in [2.24, 2.45) is 0 Å². The van der Waals surface area contributed by atoms with Gasteiger partial charge in [-0.15, -0.1) is 0 Å². The summed E-state index contributed by atoms with van der Waals surface area (Å²) in [5, 5.41) is 3.02. The van der Waals surface area contributed by atoms with E-state index in [9.17, 15) is 8.42 Å². The summed E-state index contributed by atoms with van der Waals surface area (Å²) in [6.45, 7) is 2.49. The van der Waals surface area contributed by atoms with Crippen LogP contribution in [0.25, 0.3) is 0 Å². The molecule has 0 saturated carbocycles. The fourth-order valence-electron chi connectivity index (χ4n) is 1.82. The number of anilines is 1. The quantitative estimate of drug-likeness (QED) is 0.849. The molecule has 5 nitrogen and oxygen atoms in total. The standard InChI is InChI=1S/C14H16BrN3O2S/c1-10-7-12(15)9-17-14(10)18-21(19,20)13-5-3-11(4-6-13)8-16-2/h3-7,9,16H,8H2,1-2H3,(H,17,18). The molecule has 0 aliphatic carbocycles. The van der Waals surface area contributed by atoms with Crippen LogP contribution in [0.5, 0.6) is 0 Å². The van der Waals surface area contributed by atoms with E-state index in [-0.39, 0.29) is 4.90 Å². The van der Waals surface area contributed by atoms with Crippen LogP contribution in [0.1, 0.15) is 11.1 Å². The number of rotatable bonds is 5. The van der Waals surface area contributed by atoms with Crippen LogP contribution in [0.3, 0.4) is 0 Å². The van der Waals surface area contributed by atoms with Gasteiger partial charge in [0.2, 0.25) is 0 Å². The van der Waals surface area contributed by atoms with E-state index in [1.54, 1.807) is 43.5 Å². The minimum absolute atomic E-state index is 0.214. The highest BCUT2D eigenvalue weighted by molar-refractivity contribution is 9.10. The highest BCUT2D eigenvalue weighted by Crippen LogP contribution is 2.20. The molecule has 112 valence electrons. The lowest BCUT2D eigenvalue weighted by Gasteiger charge is -2.10. The molecule has 1 heterocycles. The van der Waals surface area contributed by atoms with Crippen LogP contribution in [-0.4, -0.2) is 20.4 Å². The van der Waals surface area contributed by atoms with Gasteiger partial charge in [-0.2, -0.15) is 0 Å². The lowest BCUT2D eigenvalue weighted by Crippen LogP contribution is -2.15. The highest BCUT2D eigenvalue weighted by atomic mass is 79.9. The third-order valence-corrected chi connectivity index (χ3v) is 4.68. The summed E-state index contributed by atoms with van der Waals surface area (Å²) in [6, 6.07) is 8.55. The normalized spacial score (nSPS) is 11.4. The summed E-state index contributed by atoms with van der Waals surface area (Å²) in [7, 11) is -1.79. The maximum Gasteiger partial charge on any atom is 0.263 e. The van der Waals surface area contributed by atoms with Gasteiger partial charge in [-0.3, -0.25) is 4.72 Å². The van der Waals surface area contributed by atoms with E-state index in [2.05, 4.69) is 31.0 Å². The summed E-state index contributed by atoms with van der Waals surface area (Å²) in [5.74, 6) is 0.331. The fourth-order valence-corrected chi connectivity index (χ4v) is 3.35. The minimum atomic E-state index is -3.63. The molecule has 0 unspecified atom stereocenters. The van der Waals surface area contributed by atoms with Crippen molar-refractivity contribution in [3.05, 3.63) is 52.1 Å². The van der Waals surface area contributed by atoms with Gasteiger partial charge in [0.1, 0.15) is 5.82 Å². The lowest BCUT2D eigenvalue weighted by atomic mass is 10.2. The zero-order valence-electron chi connectivity index (χ0n) is 11.7. The SMILES string of the molecule is CNCc1ccc(S(=O)(=O)Nc2ncc(Br)cc2C)cc1. The van der Waals surface area contributed by atoms with E-state index in [1.807, 2.05) is 7.05 Å². The Morgan fingerprint density at radius 2 is 1.90 bits per heavy atom. The summed E-state index contributed by atoms with van der Waals surface area (Å²) < 4.78 is 28.0. The summed E-state index contributed by atoms with van der Waals surface area (Å²) >= 11 is 3.30. The van der Waals surface area contributed by atoms with Crippen LogP contribution in [-0.2, 0) is 16.6 Å². The van der Waals surface area contributed by atoms with Gasteiger partial charge in [-0.25, -0.2) is 13.4 Å². The smallest absolute Gasteiger partial charge is 0.263 e. The molecule has 21 heavy (non-hydrogen) atoms. The second kappa shape index (κ2) is 6.55. The molecular weight excluding hydrogens is 354 g/mol. The largest absolute Gasteiger partial charge is 0.316 e. The van der Waals surface area contributed by atoms with Crippen LogP contribution in [0, 0.1) is 6.92 Å². The molecule has 1 aromatic carbocycles. The van der Waals surface area contributed by atoms with Gasteiger partial charge in [0.05, 0.1) is 4.90 Å². The summed E-state index contributed by atoms with van der Waals surface area (Å²) in [4.78, 5) is 4.30. The molecule has 2 rings (SSSR count). The van der Waals surface area contributed by atoms with E-state index in [4.69, 9.17) is 0 Å². The highest BCUT2D eigenvalue weighted by Gasteiger charge is 2.16. The first-order chi connectivity index (χ1) is 9.92. The number of pyridine rings is 1. The average molecular weight is 370 g/mol. The molecule has 7 heteroatoms. The average Bonchev–Trinajstić information content (AvgIpc) is 2.43. The molecule has 0 bridgehead atoms. The molecular formula is C14H16BrN3O2S. The van der Waals surface area contributed by atoms with E-state index >= 15 is 0 Å². The van der Waals surface area contributed by atoms with Crippen molar-refractivity contribution in [1.29, 1.82) is 0 Å². The number of hydrogen-bond acceptors (Lipinski definition) is 4. The van der Waals surface area contributed by atoms with E-state index in [1.165, 1.54) is 0 Å². The first-order valence-corrected chi connectivity index (χ1v) is 8.58. The molecule has 0 aliphatic heterocycles. The van der Waals surface area contributed by atoms with Gasteiger partial charge < -0.3 is 5.32 Å². The number of aryl methyl sites for hydroxylation is 1. The maximum atomic E-state index is 12.3.